The molecular weight excluding hydrogens is 624 g/mol. The molecule has 41 heavy (non-hydrogen) atoms. The number of allylic oxidation sites excluding steroid dienone is 1. The fourth-order valence-electron chi connectivity index (χ4n) is 4.79. The average Bonchev–Trinajstić information content (AvgIpc) is 3.73. The summed E-state index contributed by atoms with van der Waals surface area (Å²) in [5, 5.41) is 6.82. The minimum absolute atomic E-state index is 0.240. The van der Waals surface area contributed by atoms with Gasteiger partial charge in [0.25, 0.3) is 5.56 Å². The number of aromatic nitrogens is 3. The van der Waals surface area contributed by atoms with Crippen LogP contribution in [0.25, 0.3) is 23.0 Å². The average molecular weight is 648 g/mol. The number of thiazole rings is 1. The molecule has 5 aromatic rings. The van der Waals surface area contributed by atoms with E-state index in [0.29, 0.717) is 32.0 Å². The molecule has 11 heteroatoms. The first-order chi connectivity index (χ1) is 19.9. The number of benzene rings is 2. The van der Waals surface area contributed by atoms with Gasteiger partial charge in [0.2, 0.25) is 0 Å². The number of thiophene rings is 1. The molecule has 1 aliphatic rings. The first-order valence-electron chi connectivity index (χ1n) is 12.5. The number of carbonyl (C=O) groups excluding carboxylic acids is 1. The lowest BCUT2D eigenvalue weighted by Crippen LogP contribution is -2.39. The summed E-state index contributed by atoms with van der Waals surface area (Å²) in [7, 11) is 2.95. The fraction of sp³-hybridized carbons (Fsp3) is 0.133. The lowest BCUT2D eigenvalue weighted by Gasteiger charge is -2.22. The number of esters is 1. The van der Waals surface area contributed by atoms with Gasteiger partial charge in [0.15, 0.2) is 4.80 Å². The number of fused-ring (bicyclic) bond motifs is 1. The van der Waals surface area contributed by atoms with Gasteiger partial charge < -0.3 is 9.47 Å². The van der Waals surface area contributed by atoms with Crippen LogP contribution >= 0.6 is 38.6 Å². The number of rotatable bonds is 6. The zero-order valence-corrected chi connectivity index (χ0v) is 25.4. The molecule has 4 heterocycles. The maximum Gasteiger partial charge on any atom is 0.338 e. The Hall–Kier alpha value is -4.06. The van der Waals surface area contributed by atoms with Crippen LogP contribution in [-0.4, -0.2) is 34.5 Å². The first-order valence-corrected chi connectivity index (χ1v) is 15.0. The molecule has 8 nitrogen and oxygen atoms in total. The Morgan fingerprint density at radius 2 is 1.90 bits per heavy atom. The van der Waals surface area contributed by atoms with Crippen molar-refractivity contribution in [3.8, 4) is 22.7 Å². The third-order valence-corrected chi connectivity index (χ3v) is 9.24. The lowest BCUT2D eigenvalue weighted by molar-refractivity contribution is -0.136. The van der Waals surface area contributed by atoms with Crippen LogP contribution in [0.1, 0.15) is 23.4 Å². The largest absolute Gasteiger partial charge is 0.496 e. The highest BCUT2D eigenvalue weighted by Crippen LogP contribution is 2.34. The molecule has 0 saturated heterocycles. The third-order valence-electron chi connectivity index (χ3n) is 6.71. The highest BCUT2D eigenvalue weighted by Gasteiger charge is 2.33. The van der Waals surface area contributed by atoms with Crippen LogP contribution in [0.3, 0.4) is 0 Å². The summed E-state index contributed by atoms with van der Waals surface area (Å²) in [6.07, 6.45) is 3.75. The molecule has 3 aromatic heterocycles. The quantitative estimate of drug-likeness (QED) is 0.240. The molecule has 0 bridgehead atoms. The van der Waals surface area contributed by atoms with E-state index in [0.717, 1.165) is 26.2 Å². The zero-order chi connectivity index (χ0) is 28.7. The molecule has 0 spiro atoms. The summed E-state index contributed by atoms with van der Waals surface area (Å²) in [5.74, 6) is 0.201. The van der Waals surface area contributed by atoms with E-state index in [1.165, 1.54) is 29.8 Å². The number of hydrogen-bond acceptors (Lipinski definition) is 8. The molecule has 0 aliphatic carbocycles. The highest BCUT2D eigenvalue weighted by atomic mass is 79.9. The minimum Gasteiger partial charge on any atom is -0.496 e. The monoisotopic (exact) mass is 646 g/mol. The van der Waals surface area contributed by atoms with E-state index in [9.17, 15) is 9.59 Å². The van der Waals surface area contributed by atoms with Gasteiger partial charge in [-0.15, -0.1) is 11.3 Å². The van der Waals surface area contributed by atoms with Gasteiger partial charge in [0.1, 0.15) is 17.5 Å². The number of halogens is 1. The molecule has 206 valence electrons. The van der Waals surface area contributed by atoms with Gasteiger partial charge in [-0.05, 0) is 70.7 Å². The van der Waals surface area contributed by atoms with E-state index in [-0.39, 0.29) is 5.56 Å². The summed E-state index contributed by atoms with van der Waals surface area (Å²) in [6.45, 7) is 1.77. The first kappa shape index (κ1) is 27.1. The van der Waals surface area contributed by atoms with Crippen molar-refractivity contribution in [2.45, 2.75) is 13.0 Å². The van der Waals surface area contributed by atoms with Gasteiger partial charge in [-0.25, -0.2) is 14.5 Å². The van der Waals surface area contributed by atoms with Gasteiger partial charge in [-0.1, -0.05) is 35.6 Å². The standard InChI is InChI=1S/C30H23BrN4O4S2/c1-17-25(29(37)39-3)27(23-10-7-13-40-23)35-28(36)24(41-30(35)32-17)15-19-16-34(20-8-5-4-6-9-20)33-26(19)18-11-12-22(38-2)21(31)14-18/h4-16,27H,1-3H3/b24-15+/t27-/m1/s1. The van der Waals surface area contributed by atoms with E-state index >= 15 is 0 Å². The van der Waals surface area contributed by atoms with Crippen LogP contribution in [0.5, 0.6) is 5.75 Å². The van der Waals surface area contributed by atoms with Crippen LogP contribution in [-0.2, 0) is 9.53 Å². The summed E-state index contributed by atoms with van der Waals surface area (Å²) < 4.78 is 15.2. The normalized spacial score (nSPS) is 15.0. The Morgan fingerprint density at radius 3 is 2.59 bits per heavy atom. The molecule has 0 saturated carbocycles. The summed E-state index contributed by atoms with van der Waals surface area (Å²) in [4.78, 5) is 32.9. The number of hydrogen-bond donors (Lipinski definition) is 0. The predicted molar refractivity (Wildman–Crippen MR) is 163 cm³/mol. The molecule has 0 radical (unpaired) electrons. The maximum atomic E-state index is 14.0. The number of carbonyl (C=O) groups is 1. The second kappa shape index (κ2) is 11.1. The molecule has 2 aromatic carbocycles. The zero-order valence-electron chi connectivity index (χ0n) is 22.2. The third kappa shape index (κ3) is 4.90. The topological polar surface area (TPSA) is 87.7 Å². The minimum atomic E-state index is -0.620. The highest BCUT2D eigenvalue weighted by molar-refractivity contribution is 9.10. The Kier molecular flexibility index (Phi) is 7.33. The molecule has 1 aliphatic heterocycles. The van der Waals surface area contributed by atoms with Gasteiger partial charge in [-0.3, -0.25) is 9.36 Å². The van der Waals surface area contributed by atoms with E-state index < -0.39 is 12.0 Å². The van der Waals surface area contributed by atoms with Gasteiger partial charge in [0.05, 0.1) is 40.2 Å². The Morgan fingerprint density at radius 1 is 1.10 bits per heavy atom. The van der Waals surface area contributed by atoms with Crippen molar-refractivity contribution in [3.05, 3.63) is 118 Å². The Labute approximate surface area is 251 Å². The van der Waals surface area contributed by atoms with Gasteiger partial charge in [0, 0.05) is 22.2 Å². The number of ether oxygens (including phenoxy) is 2. The smallest absolute Gasteiger partial charge is 0.338 e. The van der Waals surface area contributed by atoms with Crippen LogP contribution in [0, 0.1) is 0 Å². The van der Waals surface area contributed by atoms with E-state index in [2.05, 4.69) is 20.9 Å². The summed E-state index contributed by atoms with van der Waals surface area (Å²) in [6, 6.07) is 18.7. The fourth-order valence-corrected chi connectivity index (χ4v) is 7.20. The van der Waals surface area contributed by atoms with Crippen molar-refractivity contribution < 1.29 is 14.3 Å². The Bertz CT molecular complexity index is 1990. The number of methoxy groups -OCH3 is 2. The van der Waals surface area contributed by atoms with Crippen molar-refractivity contribution in [1.82, 2.24) is 14.3 Å². The predicted octanol–water partition coefficient (Wildman–Crippen LogP) is 5.09. The van der Waals surface area contributed by atoms with Crippen LogP contribution < -0.4 is 19.6 Å². The summed E-state index contributed by atoms with van der Waals surface area (Å²) in [5.41, 5.74) is 3.84. The van der Waals surface area contributed by atoms with Crippen molar-refractivity contribution in [2.24, 2.45) is 4.99 Å². The second-order valence-electron chi connectivity index (χ2n) is 9.15. The molecule has 0 amide bonds. The van der Waals surface area contributed by atoms with E-state index in [1.54, 1.807) is 23.3 Å². The molecular formula is C30H23BrN4O4S2. The molecule has 1 atom stereocenters. The van der Waals surface area contributed by atoms with Crippen molar-refractivity contribution in [3.63, 3.8) is 0 Å². The second-order valence-corrected chi connectivity index (χ2v) is 12.0. The molecule has 0 fully saturated rings. The summed E-state index contributed by atoms with van der Waals surface area (Å²) >= 11 is 6.34. The van der Waals surface area contributed by atoms with Crippen molar-refractivity contribution in [1.29, 1.82) is 0 Å². The van der Waals surface area contributed by atoms with Crippen LogP contribution in [0.15, 0.2) is 97.8 Å². The Balaban J connectivity index is 1.56. The molecule has 0 N–H and O–H groups in total. The molecule has 6 rings (SSSR count). The van der Waals surface area contributed by atoms with Gasteiger partial charge >= 0.3 is 5.97 Å². The lowest BCUT2D eigenvalue weighted by atomic mass is 10.0. The van der Waals surface area contributed by atoms with Crippen molar-refractivity contribution in [2.75, 3.05) is 14.2 Å². The van der Waals surface area contributed by atoms with Crippen LogP contribution in [0.4, 0.5) is 0 Å². The van der Waals surface area contributed by atoms with Gasteiger partial charge in [-0.2, -0.15) is 5.10 Å². The number of para-hydroxylation sites is 1. The number of nitrogens with zero attached hydrogens (tertiary/aromatic N) is 4. The van der Waals surface area contributed by atoms with Crippen molar-refractivity contribution >= 4 is 50.6 Å². The van der Waals surface area contributed by atoms with E-state index in [4.69, 9.17) is 14.6 Å². The SMILES string of the molecule is COC(=O)C1=C(C)N=c2s/c(=C/c3cn(-c4ccccc4)nc3-c3ccc(OC)c(Br)c3)c(=O)n2[C@@H]1c1cccs1. The molecule has 0 unspecified atom stereocenters. The maximum absolute atomic E-state index is 14.0. The van der Waals surface area contributed by atoms with Crippen LogP contribution in [0.2, 0.25) is 0 Å². The van der Waals surface area contributed by atoms with E-state index in [1.807, 2.05) is 78.3 Å².